The van der Waals surface area contributed by atoms with Crippen LogP contribution in [0, 0.1) is 0 Å². The molecule has 18 heavy (non-hydrogen) atoms. The van der Waals surface area contributed by atoms with Gasteiger partial charge in [0.1, 0.15) is 5.75 Å². The van der Waals surface area contributed by atoms with Crippen molar-refractivity contribution in [3.8, 4) is 5.75 Å². The van der Waals surface area contributed by atoms with Gasteiger partial charge in [0.25, 0.3) is 0 Å². The molecule has 4 nitrogen and oxygen atoms in total. The summed E-state index contributed by atoms with van der Waals surface area (Å²) in [5.41, 5.74) is 0. The van der Waals surface area contributed by atoms with Crippen LogP contribution in [0.1, 0.15) is 6.92 Å². The molecule has 0 bridgehead atoms. The van der Waals surface area contributed by atoms with Crippen LogP contribution < -0.4 is 15.4 Å². The highest BCUT2D eigenvalue weighted by Crippen LogP contribution is 2.21. The number of nitrogens with one attached hydrogen (secondary N) is 2. The summed E-state index contributed by atoms with van der Waals surface area (Å²) < 4.78 is 5.36. The van der Waals surface area contributed by atoms with E-state index in [4.69, 9.17) is 4.74 Å². The second-order valence-corrected chi connectivity index (χ2v) is 4.70. The van der Waals surface area contributed by atoms with Gasteiger partial charge in [-0.05, 0) is 38.2 Å². The number of hydrogen-bond acceptors (Lipinski definition) is 4. The Hall–Kier alpha value is -1.20. The van der Waals surface area contributed by atoms with Crippen molar-refractivity contribution in [2.45, 2.75) is 11.8 Å². The fourth-order valence-corrected chi connectivity index (χ4v) is 2.05. The summed E-state index contributed by atoms with van der Waals surface area (Å²) in [7, 11) is 1.86. The molecule has 0 heterocycles. The monoisotopic (exact) mass is 268 g/mol. The number of carbonyl (C=O) groups is 1. The number of likely N-dealkylation sites (N-methyl/N-ethyl adjacent to an activating group) is 1. The summed E-state index contributed by atoms with van der Waals surface area (Å²) in [6.45, 7) is 4.08. The Morgan fingerprint density at radius 1 is 1.28 bits per heavy atom. The molecule has 1 rings (SSSR count). The smallest absolute Gasteiger partial charge is 0.230 e. The maximum atomic E-state index is 11.5. The Kier molecular flexibility index (Phi) is 7.29. The Bertz CT molecular complexity index is 355. The van der Waals surface area contributed by atoms with Crippen LogP contribution in [-0.4, -0.2) is 38.4 Å². The summed E-state index contributed by atoms with van der Waals surface area (Å²) in [6.07, 6.45) is 0. The molecule has 0 spiro atoms. The standard InChI is InChI=1S/C13H20N2O2S/c1-3-17-11-4-6-12(7-5-11)18-10-13(16)15-9-8-14-2/h4-7,14H,3,8-10H2,1-2H3,(H,15,16). The molecule has 2 N–H and O–H groups in total. The highest BCUT2D eigenvalue weighted by atomic mass is 32.2. The maximum absolute atomic E-state index is 11.5. The van der Waals surface area contributed by atoms with E-state index in [0.29, 0.717) is 18.9 Å². The van der Waals surface area contributed by atoms with Crippen LogP contribution in [0.3, 0.4) is 0 Å². The predicted octanol–water partition coefficient (Wildman–Crippen LogP) is 1.51. The zero-order valence-corrected chi connectivity index (χ0v) is 11.7. The normalized spacial score (nSPS) is 10.1. The highest BCUT2D eigenvalue weighted by Gasteiger charge is 2.02. The molecule has 0 aliphatic rings. The number of ether oxygens (including phenoxy) is 1. The van der Waals surface area contributed by atoms with Crippen LogP contribution in [0.4, 0.5) is 0 Å². The maximum Gasteiger partial charge on any atom is 0.230 e. The van der Waals surface area contributed by atoms with Gasteiger partial charge in [0.2, 0.25) is 5.91 Å². The zero-order chi connectivity index (χ0) is 13.2. The molecule has 1 amide bonds. The summed E-state index contributed by atoms with van der Waals surface area (Å²) in [4.78, 5) is 12.5. The third-order valence-corrected chi connectivity index (χ3v) is 3.21. The van der Waals surface area contributed by atoms with E-state index >= 15 is 0 Å². The SMILES string of the molecule is CCOc1ccc(SCC(=O)NCCNC)cc1. The molecular formula is C13H20N2O2S. The first kappa shape index (κ1) is 14.9. The lowest BCUT2D eigenvalue weighted by atomic mass is 10.3. The lowest BCUT2D eigenvalue weighted by Gasteiger charge is -2.06. The lowest BCUT2D eigenvalue weighted by molar-refractivity contribution is -0.118. The molecule has 100 valence electrons. The Morgan fingerprint density at radius 3 is 2.61 bits per heavy atom. The molecule has 0 saturated heterocycles. The largest absolute Gasteiger partial charge is 0.494 e. The first-order valence-corrected chi connectivity index (χ1v) is 7.01. The summed E-state index contributed by atoms with van der Waals surface area (Å²) in [6, 6.07) is 7.78. The zero-order valence-electron chi connectivity index (χ0n) is 10.9. The molecule has 5 heteroatoms. The molecule has 0 fully saturated rings. The van der Waals surface area contributed by atoms with Crippen molar-refractivity contribution in [1.29, 1.82) is 0 Å². The van der Waals surface area contributed by atoms with Crippen LogP contribution in [-0.2, 0) is 4.79 Å². The summed E-state index contributed by atoms with van der Waals surface area (Å²) in [5, 5.41) is 5.82. The average molecular weight is 268 g/mol. The van der Waals surface area contributed by atoms with Crippen molar-refractivity contribution >= 4 is 17.7 Å². The fourth-order valence-electron chi connectivity index (χ4n) is 1.33. The first-order valence-electron chi connectivity index (χ1n) is 6.03. The van der Waals surface area contributed by atoms with Gasteiger partial charge in [-0.2, -0.15) is 0 Å². The Balaban J connectivity index is 2.27. The molecule has 0 atom stereocenters. The van der Waals surface area contributed by atoms with Gasteiger partial charge in [0, 0.05) is 18.0 Å². The quantitative estimate of drug-likeness (QED) is 0.554. The molecule has 0 aromatic heterocycles. The third-order valence-electron chi connectivity index (χ3n) is 2.20. The molecule has 0 radical (unpaired) electrons. The first-order chi connectivity index (χ1) is 8.76. The number of carbonyl (C=O) groups excluding carboxylic acids is 1. The topological polar surface area (TPSA) is 50.4 Å². The van der Waals surface area contributed by atoms with E-state index in [1.165, 1.54) is 11.8 Å². The minimum absolute atomic E-state index is 0.0594. The van der Waals surface area contributed by atoms with Gasteiger partial charge in [0.05, 0.1) is 12.4 Å². The van der Waals surface area contributed by atoms with Gasteiger partial charge in [-0.3, -0.25) is 4.79 Å². The summed E-state index contributed by atoms with van der Waals surface area (Å²) >= 11 is 1.53. The Morgan fingerprint density at radius 2 is 2.00 bits per heavy atom. The molecule has 0 aliphatic heterocycles. The molecule has 1 aromatic carbocycles. The van der Waals surface area contributed by atoms with Crippen LogP contribution >= 0.6 is 11.8 Å². The van der Waals surface area contributed by atoms with Gasteiger partial charge in [-0.25, -0.2) is 0 Å². The number of hydrogen-bond donors (Lipinski definition) is 2. The molecule has 0 aliphatic carbocycles. The van der Waals surface area contributed by atoms with Gasteiger partial charge in [-0.1, -0.05) is 0 Å². The van der Waals surface area contributed by atoms with Crippen molar-refractivity contribution in [1.82, 2.24) is 10.6 Å². The van der Waals surface area contributed by atoms with E-state index in [1.54, 1.807) is 0 Å². The molecule has 0 saturated carbocycles. The second kappa shape index (κ2) is 8.83. The van der Waals surface area contributed by atoms with E-state index < -0.39 is 0 Å². The van der Waals surface area contributed by atoms with Gasteiger partial charge in [0.15, 0.2) is 0 Å². The van der Waals surface area contributed by atoms with Crippen molar-refractivity contribution in [3.05, 3.63) is 24.3 Å². The average Bonchev–Trinajstić information content (AvgIpc) is 2.39. The predicted molar refractivity (Wildman–Crippen MR) is 75.3 cm³/mol. The van der Waals surface area contributed by atoms with Crippen molar-refractivity contribution in [2.75, 3.05) is 32.5 Å². The molecular weight excluding hydrogens is 248 g/mol. The minimum Gasteiger partial charge on any atom is -0.494 e. The van der Waals surface area contributed by atoms with Crippen molar-refractivity contribution in [2.24, 2.45) is 0 Å². The number of thioether (sulfide) groups is 1. The van der Waals surface area contributed by atoms with E-state index in [9.17, 15) is 4.79 Å². The lowest BCUT2D eigenvalue weighted by Crippen LogP contribution is -2.31. The second-order valence-electron chi connectivity index (χ2n) is 3.65. The van der Waals surface area contributed by atoms with Crippen LogP contribution in [0.5, 0.6) is 5.75 Å². The number of rotatable bonds is 8. The fraction of sp³-hybridized carbons (Fsp3) is 0.462. The van der Waals surface area contributed by atoms with Crippen LogP contribution in [0.25, 0.3) is 0 Å². The highest BCUT2D eigenvalue weighted by molar-refractivity contribution is 8.00. The van der Waals surface area contributed by atoms with E-state index in [-0.39, 0.29) is 5.91 Å². The van der Waals surface area contributed by atoms with Crippen LogP contribution in [0.2, 0.25) is 0 Å². The molecule has 1 aromatic rings. The van der Waals surface area contributed by atoms with E-state index in [2.05, 4.69) is 10.6 Å². The van der Waals surface area contributed by atoms with E-state index in [1.807, 2.05) is 38.2 Å². The van der Waals surface area contributed by atoms with Crippen molar-refractivity contribution in [3.63, 3.8) is 0 Å². The van der Waals surface area contributed by atoms with Gasteiger partial charge >= 0.3 is 0 Å². The minimum atomic E-state index is 0.0594. The number of benzene rings is 1. The van der Waals surface area contributed by atoms with Crippen molar-refractivity contribution < 1.29 is 9.53 Å². The Labute approximate surface area is 112 Å². The summed E-state index contributed by atoms with van der Waals surface area (Å²) in [5.74, 6) is 1.36. The molecule has 0 unspecified atom stereocenters. The third kappa shape index (κ3) is 5.93. The van der Waals surface area contributed by atoms with E-state index in [0.717, 1.165) is 17.2 Å². The van der Waals surface area contributed by atoms with Crippen LogP contribution in [0.15, 0.2) is 29.2 Å². The van der Waals surface area contributed by atoms with Gasteiger partial charge in [-0.15, -0.1) is 11.8 Å². The number of amides is 1. The van der Waals surface area contributed by atoms with Gasteiger partial charge < -0.3 is 15.4 Å².